The Morgan fingerprint density at radius 1 is 1.19 bits per heavy atom. The molecule has 1 aromatic carbocycles. The van der Waals surface area contributed by atoms with Crippen LogP contribution in [0, 0.1) is 0 Å². The molecule has 0 saturated heterocycles. The van der Waals surface area contributed by atoms with Gasteiger partial charge in [0.2, 0.25) is 0 Å². The fourth-order valence-electron chi connectivity index (χ4n) is 1.19. The van der Waals surface area contributed by atoms with E-state index in [2.05, 4.69) is 0 Å². The van der Waals surface area contributed by atoms with Gasteiger partial charge in [-0.15, -0.1) is 0 Å². The predicted molar refractivity (Wildman–Crippen MR) is 59.0 cm³/mol. The zero-order chi connectivity index (χ0) is 11.6. The van der Waals surface area contributed by atoms with Gasteiger partial charge in [0.15, 0.2) is 0 Å². The molecule has 0 atom stereocenters. The van der Waals surface area contributed by atoms with Gasteiger partial charge < -0.3 is 14.6 Å². The van der Waals surface area contributed by atoms with Gasteiger partial charge in [-0.3, -0.25) is 0 Å². The maximum atomic E-state index is 11.1. The number of aliphatic hydroxyl groups is 1. The number of rotatable bonds is 7. The van der Waals surface area contributed by atoms with Crippen LogP contribution < -0.4 is 0 Å². The Bertz CT molecular complexity index is 297. The van der Waals surface area contributed by atoms with E-state index in [4.69, 9.17) is 14.6 Å². The topological polar surface area (TPSA) is 55.8 Å². The van der Waals surface area contributed by atoms with Crippen LogP contribution in [0.5, 0.6) is 0 Å². The van der Waals surface area contributed by atoms with Gasteiger partial charge in [0.05, 0.1) is 19.8 Å². The summed E-state index contributed by atoms with van der Waals surface area (Å²) in [5.74, 6) is -0.399. The summed E-state index contributed by atoms with van der Waals surface area (Å²) in [6.45, 7) is 0.325. The molecule has 0 spiro atoms. The second-order valence-corrected chi connectivity index (χ2v) is 3.23. The number of carbonyl (C=O) groups is 1. The van der Waals surface area contributed by atoms with E-state index < -0.39 is 5.97 Å². The van der Waals surface area contributed by atoms with Gasteiger partial charge in [-0.25, -0.2) is 4.79 Å². The Balaban J connectivity index is 2.09. The number of carbonyl (C=O) groups excluding carboxylic acids is 1. The van der Waals surface area contributed by atoms with Crippen LogP contribution in [0.25, 0.3) is 0 Å². The third-order valence-corrected chi connectivity index (χ3v) is 1.95. The Morgan fingerprint density at radius 2 is 1.94 bits per heavy atom. The van der Waals surface area contributed by atoms with E-state index in [1.807, 2.05) is 30.3 Å². The molecule has 1 N–H and O–H groups in total. The summed E-state index contributed by atoms with van der Waals surface area (Å²) in [6.07, 6.45) is 0.701. The van der Waals surface area contributed by atoms with Crippen molar-refractivity contribution in [3.8, 4) is 0 Å². The van der Waals surface area contributed by atoms with E-state index in [1.165, 1.54) is 0 Å². The van der Waals surface area contributed by atoms with E-state index in [-0.39, 0.29) is 19.8 Å². The lowest BCUT2D eigenvalue weighted by Gasteiger charge is -2.05. The molecule has 0 amide bonds. The van der Waals surface area contributed by atoms with Crippen molar-refractivity contribution in [1.82, 2.24) is 0 Å². The Labute approximate surface area is 94.8 Å². The van der Waals surface area contributed by atoms with Crippen molar-refractivity contribution in [2.45, 2.75) is 6.42 Å². The van der Waals surface area contributed by atoms with Crippen molar-refractivity contribution >= 4 is 5.97 Å². The van der Waals surface area contributed by atoms with Gasteiger partial charge in [0, 0.05) is 6.42 Å². The quantitative estimate of drug-likeness (QED) is 0.549. The van der Waals surface area contributed by atoms with Gasteiger partial charge in [0.25, 0.3) is 0 Å². The molecule has 0 aliphatic rings. The average Bonchev–Trinajstić information content (AvgIpc) is 2.31. The molecule has 0 bridgehead atoms. The fraction of sp³-hybridized carbons (Fsp3) is 0.417. The minimum Gasteiger partial charge on any atom is -0.464 e. The van der Waals surface area contributed by atoms with E-state index in [9.17, 15) is 4.79 Å². The van der Waals surface area contributed by atoms with Crippen molar-refractivity contribution in [2.24, 2.45) is 0 Å². The third-order valence-electron chi connectivity index (χ3n) is 1.95. The maximum absolute atomic E-state index is 11.1. The molecular weight excluding hydrogens is 208 g/mol. The molecule has 0 radical (unpaired) electrons. The van der Waals surface area contributed by atoms with Crippen LogP contribution >= 0.6 is 0 Å². The minimum absolute atomic E-state index is 0.0860. The van der Waals surface area contributed by atoms with Crippen LogP contribution in [-0.2, 0) is 20.7 Å². The maximum Gasteiger partial charge on any atom is 0.332 e. The van der Waals surface area contributed by atoms with Crippen LogP contribution in [0.4, 0.5) is 0 Å². The number of hydrogen-bond donors (Lipinski definition) is 1. The summed E-state index contributed by atoms with van der Waals surface area (Å²) in [5.41, 5.74) is 1.13. The molecular formula is C12H16O4. The largest absolute Gasteiger partial charge is 0.464 e. The van der Waals surface area contributed by atoms with Gasteiger partial charge in [-0.05, 0) is 5.56 Å². The SMILES string of the molecule is O=C(COCCO)OCCc1ccccc1. The molecule has 1 rings (SSSR count). The lowest BCUT2D eigenvalue weighted by molar-refractivity contribution is -0.149. The number of aliphatic hydroxyl groups excluding tert-OH is 1. The van der Waals surface area contributed by atoms with E-state index in [0.717, 1.165) is 5.56 Å². The van der Waals surface area contributed by atoms with Crippen LogP contribution in [0.3, 0.4) is 0 Å². The van der Waals surface area contributed by atoms with Gasteiger partial charge in [-0.2, -0.15) is 0 Å². The third kappa shape index (κ3) is 5.48. The molecule has 0 heterocycles. The number of hydrogen-bond acceptors (Lipinski definition) is 4. The number of ether oxygens (including phenoxy) is 2. The number of esters is 1. The van der Waals surface area contributed by atoms with Crippen molar-refractivity contribution in [1.29, 1.82) is 0 Å². The van der Waals surface area contributed by atoms with Crippen molar-refractivity contribution < 1.29 is 19.4 Å². The van der Waals surface area contributed by atoms with Gasteiger partial charge >= 0.3 is 5.97 Å². The summed E-state index contributed by atoms with van der Waals surface area (Å²) < 4.78 is 9.77. The van der Waals surface area contributed by atoms with E-state index >= 15 is 0 Å². The molecule has 0 aromatic heterocycles. The summed E-state index contributed by atoms with van der Waals surface area (Å²) in [6, 6.07) is 9.80. The Morgan fingerprint density at radius 3 is 2.62 bits per heavy atom. The molecule has 0 aliphatic carbocycles. The van der Waals surface area contributed by atoms with Gasteiger partial charge in [-0.1, -0.05) is 30.3 Å². The molecule has 0 saturated carbocycles. The molecule has 0 unspecified atom stereocenters. The van der Waals surface area contributed by atoms with Crippen LogP contribution in [0.2, 0.25) is 0 Å². The summed E-state index contributed by atoms with van der Waals surface area (Å²) >= 11 is 0. The highest BCUT2D eigenvalue weighted by Gasteiger charge is 2.02. The smallest absolute Gasteiger partial charge is 0.332 e. The molecule has 4 nitrogen and oxygen atoms in total. The van der Waals surface area contributed by atoms with Gasteiger partial charge in [0.1, 0.15) is 6.61 Å². The average molecular weight is 224 g/mol. The molecule has 4 heteroatoms. The highest BCUT2D eigenvalue weighted by atomic mass is 16.6. The minimum atomic E-state index is -0.399. The molecule has 0 aliphatic heterocycles. The highest BCUT2D eigenvalue weighted by molar-refractivity contribution is 5.70. The van der Waals surface area contributed by atoms with E-state index in [0.29, 0.717) is 13.0 Å². The second kappa shape index (κ2) is 7.84. The predicted octanol–water partition coefficient (Wildman–Crippen LogP) is 0.781. The summed E-state index contributed by atoms with van der Waals surface area (Å²) in [7, 11) is 0. The summed E-state index contributed by atoms with van der Waals surface area (Å²) in [4.78, 5) is 11.1. The normalized spacial score (nSPS) is 10.1. The van der Waals surface area contributed by atoms with Crippen molar-refractivity contribution in [2.75, 3.05) is 26.4 Å². The first-order valence-electron chi connectivity index (χ1n) is 5.21. The van der Waals surface area contributed by atoms with Crippen molar-refractivity contribution in [3.05, 3.63) is 35.9 Å². The molecule has 88 valence electrons. The fourth-order valence-corrected chi connectivity index (χ4v) is 1.19. The lowest BCUT2D eigenvalue weighted by atomic mass is 10.2. The zero-order valence-electron chi connectivity index (χ0n) is 9.09. The molecule has 1 aromatic rings. The lowest BCUT2D eigenvalue weighted by Crippen LogP contribution is -2.15. The molecule has 0 fully saturated rings. The summed E-state index contributed by atoms with van der Waals surface area (Å²) in [5, 5.41) is 8.43. The van der Waals surface area contributed by atoms with Crippen LogP contribution in [0.15, 0.2) is 30.3 Å². The second-order valence-electron chi connectivity index (χ2n) is 3.23. The van der Waals surface area contributed by atoms with E-state index in [1.54, 1.807) is 0 Å². The first-order valence-corrected chi connectivity index (χ1v) is 5.21. The van der Waals surface area contributed by atoms with Crippen LogP contribution in [0.1, 0.15) is 5.56 Å². The standard InChI is InChI=1S/C12H16O4/c13-7-9-15-10-12(14)16-8-6-11-4-2-1-3-5-11/h1-5,13H,6-10H2. The first kappa shape index (κ1) is 12.7. The van der Waals surface area contributed by atoms with Crippen molar-refractivity contribution in [3.63, 3.8) is 0 Å². The van der Waals surface area contributed by atoms with Crippen LogP contribution in [-0.4, -0.2) is 37.5 Å². The highest BCUT2D eigenvalue weighted by Crippen LogP contribution is 1.99. The Hall–Kier alpha value is -1.39. The first-order chi connectivity index (χ1) is 7.83. The Kier molecular flexibility index (Phi) is 6.22. The zero-order valence-corrected chi connectivity index (χ0v) is 9.09. The molecule has 16 heavy (non-hydrogen) atoms. The number of benzene rings is 1. The monoisotopic (exact) mass is 224 g/mol.